The molecular weight excluding hydrogens is 329 g/mol. The van der Waals surface area contributed by atoms with E-state index in [1.165, 1.54) is 0 Å². The lowest BCUT2D eigenvalue weighted by Gasteiger charge is -2.38. The molecule has 0 aliphatic carbocycles. The average molecular weight is 355 g/mol. The molecule has 0 unspecified atom stereocenters. The normalized spacial score (nSPS) is 11.9. The first-order chi connectivity index (χ1) is 12.1. The Morgan fingerprint density at radius 1 is 1.08 bits per heavy atom. The van der Waals surface area contributed by atoms with E-state index in [0.717, 1.165) is 5.56 Å². The molecule has 0 bridgehead atoms. The van der Waals surface area contributed by atoms with E-state index >= 15 is 0 Å². The van der Waals surface area contributed by atoms with E-state index in [9.17, 15) is 14.9 Å². The van der Waals surface area contributed by atoms with Crippen molar-refractivity contribution >= 4 is 18.5 Å². The van der Waals surface area contributed by atoms with Gasteiger partial charge in [0.25, 0.3) is 5.91 Å². The number of amides is 1. The minimum Gasteiger partial charge on any atom is -0.423 e. The third kappa shape index (κ3) is 5.18. The first kappa shape index (κ1) is 20.2. The predicted octanol–water partition coefficient (Wildman–Crippen LogP) is 1.87. The number of carbonyl (C=O) groups excluding carboxylic acids is 1. The van der Waals surface area contributed by atoms with E-state index in [1.54, 1.807) is 52.0 Å². The second kappa shape index (κ2) is 8.04. The molecule has 0 saturated heterocycles. The smallest absolute Gasteiger partial charge is 0.423 e. The molecular formula is C20H26BNO4. The second-order valence-corrected chi connectivity index (χ2v) is 7.33. The molecule has 0 atom stereocenters. The largest absolute Gasteiger partial charge is 0.491 e. The zero-order chi connectivity index (χ0) is 19.4. The molecule has 6 heteroatoms. The summed E-state index contributed by atoms with van der Waals surface area (Å²) in [6.45, 7) is 7.06. The number of nitrogens with one attached hydrogen (secondary N) is 1. The van der Waals surface area contributed by atoms with Crippen LogP contribution in [0.2, 0.25) is 0 Å². The van der Waals surface area contributed by atoms with Crippen molar-refractivity contribution in [2.45, 2.75) is 45.4 Å². The molecule has 5 nitrogen and oxygen atoms in total. The van der Waals surface area contributed by atoms with Crippen LogP contribution in [0.15, 0.2) is 54.6 Å². The van der Waals surface area contributed by atoms with Gasteiger partial charge < -0.3 is 20.1 Å². The molecule has 0 spiro atoms. The van der Waals surface area contributed by atoms with Crippen LogP contribution in [0.1, 0.15) is 43.6 Å². The van der Waals surface area contributed by atoms with Crippen LogP contribution < -0.4 is 10.8 Å². The van der Waals surface area contributed by atoms with Gasteiger partial charge in [-0.1, -0.05) is 42.5 Å². The highest BCUT2D eigenvalue weighted by Gasteiger charge is 2.39. The summed E-state index contributed by atoms with van der Waals surface area (Å²) >= 11 is 0. The van der Waals surface area contributed by atoms with Crippen LogP contribution in [-0.2, 0) is 11.2 Å². The van der Waals surface area contributed by atoms with Crippen LogP contribution in [0.5, 0.6) is 0 Å². The SMILES string of the molecule is CC(C)(O)C(C)(C)OB(O)c1cccc(C(=O)NCc2ccccc2)c1. The zero-order valence-corrected chi connectivity index (χ0v) is 15.7. The van der Waals surface area contributed by atoms with E-state index in [0.29, 0.717) is 17.6 Å². The maximum atomic E-state index is 12.4. The van der Waals surface area contributed by atoms with Gasteiger partial charge >= 0.3 is 7.12 Å². The summed E-state index contributed by atoms with van der Waals surface area (Å²) in [4.78, 5) is 12.4. The molecule has 0 fully saturated rings. The van der Waals surface area contributed by atoms with Gasteiger partial charge in [-0.05, 0) is 50.9 Å². The van der Waals surface area contributed by atoms with E-state index in [1.807, 2.05) is 30.3 Å². The van der Waals surface area contributed by atoms with Crippen LogP contribution in [0.3, 0.4) is 0 Å². The van der Waals surface area contributed by atoms with E-state index in [-0.39, 0.29) is 5.91 Å². The molecule has 0 saturated carbocycles. The second-order valence-electron chi connectivity index (χ2n) is 7.33. The van der Waals surface area contributed by atoms with E-state index in [2.05, 4.69) is 5.32 Å². The fraction of sp³-hybridized carbons (Fsp3) is 0.350. The summed E-state index contributed by atoms with van der Waals surface area (Å²) in [5.74, 6) is -0.232. The maximum absolute atomic E-state index is 12.4. The Morgan fingerprint density at radius 3 is 2.35 bits per heavy atom. The van der Waals surface area contributed by atoms with E-state index in [4.69, 9.17) is 4.65 Å². The molecule has 2 aromatic rings. The molecule has 138 valence electrons. The Hall–Kier alpha value is -2.15. The highest BCUT2D eigenvalue weighted by molar-refractivity contribution is 6.60. The monoisotopic (exact) mass is 355 g/mol. The Balaban J connectivity index is 2.06. The van der Waals surface area contributed by atoms with Crippen LogP contribution in [0.25, 0.3) is 0 Å². The highest BCUT2D eigenvalue weighted by atomic mass is 16.5. The third-order valence-electron chi connectivity index (χ3n) is 4.61. The number of aliphatic hydroxyl groups is 1. The average Bonchev–Trinajstić information content (AvgIpc) is 2.59. The molecule has 2 aromatic carbocycles. The third-order valence-corrected chi connectivity index (χ3v) is 4.61. The van der Waals surface area contributed by atoms with Gasteiger partial charge in [-0.3, -0.25) is 4.79 Å². The Morgan fingerprint density at radius 2 is 1.73 bits per heavy atom. The molecule has 0 radical (unpaired) electrons. The lowest BCUT2D eigenvalue weighted by molar-refractivity contribution is -0.0982. The first-order valence-corrected chi connectivity index (χ1v) is 8.60. The Kier molecular flexibility index (Phi) is 6.23. The summed E-state index contributed by atoms with van der Waals surface area (Å²) in [6.07, 6.45) is 0. The fourth-order valence-corrected chi connectivity index (χ4v) is 2.21. The van der Waals surface area contributed by atoms with Gasteiger partial charge in [0, 0.05) is 12.1 Å². The summed E-state index contributed by atoms with van der Waals surface area (Å²) in [6, 6.07) is 16.3. The van der Waals surface area contributed by atoms with E-state index < -0.39 is 18.3 Å². The quantitative estimate of drug-likeness (QED) is 0.663. The summed E-state index contributed by atoms with van der Waals surface area (Å²) in [7, 11) is -1.25. The minimum absolute atomic E-state index is 0.232. The van der Waals surface area contributed by atoms with Gasteiger partial charge in [0.15, 0.2) is 0 Å². The van der Waals surface area contributed by atoms with Crippen LogP contribution in [-0.4, -0.2) is 34.4 Å². The number of carbonyl (C=O) groups is 1. The molecule has 0 heterocycles. The Bertz CT molecular complexity index is 741. The predicted molar refractivity (Wildman–Crippen MR) is 103 cm³/mol. The standard InChI is InChI=1S/C20H26BNO4/c1-19(2,24)20(3,4)26-21(25)17-12-8-11-16(13-17)18(23)22-14-15-9-6-5-7-10-15/h5-13,24-25H,14H2,1-4H3,(H,22,23). The zero-order valence-electron chi connectivity index (χ0n) is 15.7. The molecule has 0 aliphatic rings. The van der Waals surface area contributed by atoms with Crippen molar-refractivity contribution in [2.24, 2.45) is 0 Å². The van der Waals surface area contributed by atoms with Crippen LogP contribution in [0.4, 0.5) is 0 Å². The van der Waals surface area contributed by atoms with Crippen molar-refractivity contribution in [1.29, 1.82) is 0 Å². The van der Waals surface area contributed by atoms with Gasteiger partial charge in [0.2, 0.25) is 0 Å². The van der Waals surface area contributed by atoms with Crippen molar-refractivity contribution in [3.05, 3.63) is 65.7 Å². The summed E-state index contributed by atoms with van der Waals surface area (Å²) in [5.41, 5.74) is -0.222. The maximum Gasteiger partial charge on any atom is 0.491 e. The lowest BCUT2D eigenvalue weighted by atomic mass is 9.76. The van der Waals surface area contributed by atoms with Gasteiger partial charge in [0.1, 0.15) is 0 Å². The van der Waals surface area contributed by atoms with Gasteiger partial charge in [-0.2, -0.15) is 0 Å². The number of rotatable bonds is 7. The van der Waals surface area contributed by atoms with Crippen molar-refractivity contribution in [1.82, 2.24) is 5.32 Å². The van der Waals surface area contributed by atoms with Crippen molar-refractivity contribution < 1.29 is 19.6 Å². The first-order valence-electron chi connectivity index (χ1n) is 8.60. The lowest BCUT2D eigenvalue weighted by Crippen LogP contribution is -2.53. The molecule has 2 rings (SSSR count). The Labute approximate surface area is 155 Å². The van der Waals surface area contributed by atoms with Crippen molar-refractivity contribution in [2.75, 3.05) is 0 Å². The summed E-state index contributed by atoms with van der Waals surface area (Å²) in [5, 5.41) is 23.4. The van der Waals surface area contributed by atoms with Gasteiger partial charge in [-0.15, -0.1) is 0 Å². The van der Waals surface area contributed by atoms with Crippen molar-refractivity contribution in [3.63, 3.8) is 0 Å². The highest BCUT2D eigenvalue weighted by Crippen LogP contribution is 2.25. The fourth-order valence-electron chi connectivity index (χ4n) is 2.21. The number of hydrogen-bond acceptors (Lipinski definition) is 4. The van der Waals surface area contributed by atoms with Crippen LogP contribution >= 0.6 is 0 Å². The van der Waals surface area contributed by atoms with Crippen molar-refractivity contribution in [3.8, 4) is 0 Å². The van der Waals surface area contributed by atoms with Gasteiger partial charge in [0.05, 0.1) is 11.2 Å². The van der Waals surface area contributed by atoms with Gasteiger partial charge in [-0.25, -0.2) is 0 Å². The molecule has 1 amide bonds. The molecule has 0 aliphatic heterocycles. The summed E-state index contributed by atoms with van der Waals surface area (Å²) < 4.78 is 5.63. The topological polar surface area (TPSA) is 78.8 Å². The minimum atomic E-state index is -1.25. The number of benzene rings is 2. The molecule has 26 heavy (non-hydrogen) atoms. The molecule has 3 N–H and O–H groups in total. The molecule has 0 aromatic heterocycles. The van der Waals surface area contributed by atoms with Crippen LogP contribution in [0, 0.1) is 0 Å². The number of hydrogen-bond donors (Lipinski definition) is 3.